The predicted octanol–water partition coefficient (Wildman–Crippen LogP) is 3.24. The van der Waals surface area contributed by atoms with Crippen LogP contribution in [0.3, 0.4) is 0 Å². The number of aromatic nitrogens is 2. The summed E-state index contributed by atoms with van der Waals surface area (Å²) in [6, 6.07) is 15.1. The van der Waals surface area contributed by atoms with Crippen molar-refractivity contribution >= 4 is 11.0 Å². The minimum absolute atomic E-state index is 0.0480. The summed E-state index contributed by atoms with van der Waals surface area (Å²) >= 11 is 0. The number of imidazole rings is 1. The third-order valence-electron chi connectivity index (χ3n) is 5.07. The van der Waals surface area contributed by atoms with E-state index >= 15 is 0 Å². The first-order chi connectivity index (χ1) is 11.3. The van der Waals surface area contributed by atoms with Crippen molar-refractivity contribution in [1.29, 1.82) is 0 Å². The zero-order valence-electron chi connectivity index (χ0n) is 13.1. The first kappa shape index (κ1) is 14.4. The molecule has 23 heavy (non-hydrogen) atoms. The van der Waals surface area contributed by atoms with Gasteiger partial charge in [-0.3, -0.25) is 0 Å². The Balaban J connectivity index is 1.75. The highest BCUT2D eigenvalue weighted by atomic mass is 16.5. The number of benzene rings is 2. The number of nitrogens with two attached hydrogens (primary N) is 1. The minimum atomic E-state index is 0.0480. The summed E-state index contributed by atoms with van der Waals surface area (Å²) in [5, 5.41) is 0. The van der Waals surface area contributed by atoms with E-state index in [-0.39, 0.29) is 5.41 Å². The molecule has 2 aromatic carbocycles. The molecule has 1 aliphatic heterocycles. The number of H-pyrrole nitrogens is 1. The van der Waals surface area contributed by atoms with E-state index in [9.17, 15) is 0 Å². The van der Waals surface area contributed by atoms with Crippen molar-refractivity contribution in [1.82, 2.24) is 9.97 Å². The molecule has 4 nitrogen and oxygen atoms in total. The van der Waals surface area contributed by atoms with Crippen LogP contribution in [0.2, 0.25) is 0 Å². The van der Waals surface area contributed by atoms with Gasteiger partial charge in [-0.1, -0.05) is 30.3 Å². The average molecular weight is 307 g/mol. The molecular weight excluding hydrogens is 286 g/mol. The predicted molar refractivity (Wildman–Crippen MR) is 92.3 cm³/mol. The van der Waals surface area contributed by atoms with E-state index in [4.69, 9.17) is 10.5 Å². The van der Waals surface area contributed by atoms with Gasteiger partial charge >= 0.3 is 0 Å². The van der Waals surface area contributed by atoms with Gasteiger partial charge in [0.15, 0.2) is 0 Å². The van der Waals surface area contributed by atoms with Crippen LogP contribution >= 0.6 is 0 Å². The average Bonchev–Trinajstić information content (AvgIpc) is 3.10. The molecule has 1 saturated heterocycles. The van der Waals surface area contributed by atoms with Crippen LogP contribution in [0.25, 0.3) is 22.2 Å². The third-order valence-corrected chi connectivity index (χ3v) is 5.07. The molecule has 0 radical (unpaired) electrons. The normalized spacial score (nSPS) is 17.4. The highest BCUT2D eigenvalue weighted by Gasteiger charge is 2.33. The Morgan fingerprint density at radius 3 is 2.74 bits per heavy atom. The van der Waals surface area contributed by atoms with Crippen LogP contribution in [-0.2, 0) is 10.2 Å². The van der Waals surface area contributed by atoms with Crippen molar-refractivity contribution < 1.29 is 4.74 Å². The summed E-state index contributed by atoms with van der Waals surface area (Å²) in [5.41, 5.74) is 12.0. The first-order valence-corrected chi connectivity index (χ1v) is 8.13. The molecule has 0 aliphatic carbocycles. The lowest BCUT2D eigenvalue weighted by atomic mass is 9.73. The highest BCUT2D eigenvalue weighted by Crippen LogP contribution is 2.36. The van der Waals surface area contributed by atoms with Gasteiger partial charge in [-0.2, -0.15) is 0 Å². The Labute approximate surface area is 135 Å². The van der Waals surface area contributed by atoms with Crippen LogP contribution in [0, 0.1) is 0 Å². The van der Waals surface area contributed by atoms with E-state index in [2.05, 4.69) is 52.4 Å². The Bertz CT molecular complexity index is 818. The van der Waals surface area contributed by atoms with Crippen molar-refractivity contribution in [3.63, 3.8) is 0 Å². The summed E-state index contributed by atoms with van der Waals surface area (Å²) in [6.45, 7) is 2.25. The van der Waals surface area contributed by atoms with Gasteiger partial charge < -0.3 is 15.5 Å². The molecule has 4 heteroatoms. The number of nitrogens with zero attached hydrogens (tertiary/aromatic N) is 1. The van der Waals surface area contributed by atoms with Crippen molar-refractivity contribution in [2.24, 2.45) is 5.73 Å². The van der Waals surface area contributed by atoms with E-state index in [1.54, 1.807) is 6.33 Å². The topological polar surface area (TPSA) is 63.9 Å². The molecule has 3 aromatic rings. The Morgan fingerprint density at radius 1 is 1.09 bits per heavy atom. The second-order valence-electron chi connectivity index (χ2n) is 6.31. The molecule has 0 amide bonds. The SMILES string of the molecule is NCC1(c2cccc(-c3ccc4nc[nH]c4c3)c2)CCOCC1. The van der Waals surface area contributed by atoms with Crippen molar-refractivity contribution in [3.8, 4) is 11.1 Å². The van der Waals surface area contributed by atoms with Gasteiger partial charge in [0.1, 0.15) is 0 Å². The summed E-state index contributed by atoms with van der Waals surface area (Å²) in [7, 11) is 0. The van der Waals surface area contributed by atoms with Crippen LogP contribution in [0.5, 0.6) is 0 Å². The molecule has 0 bridgehead atoms. The molecule has 0 spiro atoms. The van der Waals surface area contributed by atoms with Gasteiger partial charge in [-0.25, -0.2) is 4.98 Å². The monoisotopic (exact) mass is 307 g/mol. The molecule has 1 aliphatic rings. The second-order valence-corrected chi connectivity index (χ2v) is 6.31. The third kappa shape index (κ3) is 2.54. The fraction of sp³-hybridized carbons (Fsp3) is 0.316. The number of hydrogen-bond acceptors (Lipinski definition) is 3. The van der Waals surface area contributed by atoms with Crippen LogP contribution in [0.15, 0.2) is 48.8 Å². The number of fused-ring (bicyclic) bond motifs is 1. The molecule has 0 unspecified atom stereocenters. The van der Waals surface area contributed by atoms with Crippen molar-refractivity contribution in [2.75, 3.05) is 19.8 Å². The molecule has 3 N–H and O–H groups in total. The van der Waals surface area contributed by atoms with Crippen molar-refractivity contribution in [3.05, 3.63) is 54.4 Å². The molecule has 118 valence electrons. The molecule has 0 saturated carbocycles. The maximum Gasteiger partial charge on any atom is 0.0931 e. The summed E-state index contributed by atoms with van der Waals surface area (Å²) < 4.78 is 5.54. The summed E-state index contributed by atoms with van der Waals surface area (Å²) in [5.74, 6) is 0. The molecule has 1 aromatic heterocycles. The minimum Gasteiger partial charge on any atom is -0.381 e. The highest BCUT2D eigenvalue weighted by molar-refractivity contribution is 5.81. The molecule has 1 fully saturated rings. The zero-order chi connectivity index (χ0) is 15.7. The van der Waals surface area contributed by atoms with E-state index in [0.717, 1.165) is 37.1 Å². The van der Waals surface area contributed by atoms with E-state index < -0.39 is 0 Å². The van der Waals surface area contributed by atoms with Gasteiger partial charge in [0.05, 0.1) is 17.4 Å². The van der Waals surface area contributed by atoms with E-state index in [1.165, 1.54) is 16.7 Å². The van der Waals surface area contributed by atoms with Crippen LogP contribution < -0.4 is 5.73 Å². The Kier molecular flexibility index (Phi) is 3.63. The maximum atomic E-state index is 6.15. The summed E-state index contributed by atoms with van der Waals surface area (Å²) in [4.78, 5) is 7.46. The van der Waals surface area contributed by atoms with Gasteiger partial charge in [0, 0.05) is 25.2 Å². The molecule has 2 heterocycles. The van der Waals surface area contributed by atoms with E-state index in [1.807, 2.05) is 0 Å². The number of nitrogens with one attached hydrogen (secondary N) is 1. The Hall–Kier alpha value is -2.17. The summed E-state index contributed by atoms with van der Waals surface area (Å²) in [6.07, 6.45) is 3.72. The van der Waals surface area contributed by atoms with Crippen LogP contribution in [-0.4, -0.2) is 29.7 Å². The number of rotatable bonds is 3. The number of hydrogen-bond donors (Lipinski definition) is 2. The quantitative estimate of drug-likeness (QED) is 0.781. The van der Waals surface area contributed by atoms with Crippen LogP contribution in [0.1, 0.15) is 18.4 Å². The Morgan fingerprint density at radius 2 is 1.91 bits per heavy atom. The van der Waals surface area contributed by atoms with Gasteiger partial charge in [-0.15, -0.1) is 0 Å². The largest absolute Gasteiger partial charge is 0.381 e. The number of aromatic amines is 1. The second kappa shape index (κ2) is 5.80. The first-order valence-electron chi connectivity index (χ1n) is 8.13. The maximum absolute atomic E-state index is 6.15. The lowest BCUT2D eigenvalue weighted by Crippen LogP contribution is -2.40. The number of ether oxygens (including phenoxy) is 1. The van der Waals surface area contributed by atoms with Gasteiger partial charge in [-0.05, 0) is 41.7 Å². The molecule has 4 rings (SSSR count). The lowest BCUT2D eigenvalue weighted by molar-refractivity contribution is 0.0530. The van der Waals surface area contributed by atoms with Crippen LogP contribution in [0.4, 0.5) is 0 Å². The standard InChI is InChI=1S/C19H21N3O/c20-12-19(6-8-23-9-7-19)16-3-1-2-14(10-16)15-4-5-17-18(11-15)22-13-21-17/h1-5,10-11,13H,6-9,12,20H2,(H,21,22). The molecular formula is C19H21N3O. The molecule has 0 atom stereocenters. The van der Waals surface area contributed by atoms with Gasteiger partial charge in [0.25, 0.3) is 0 Å². The van der Waals surface area contributed by atoms with Gasteiger partial charge in [0.2, 0.25) is 0 Å². The smallest absolute Gasteiger partial charge is 0.0931 e. The zero-order valence-corrected chi connectivity index (χ0v) is 13.1. The lowest BCUT2D eigenvalue weighted by Gasteiger charge is -2.37. The fourth-order valence-electron chi connectivity index (χ4n) is 3.52. The van der Waals surface area contributed by atoms with E-state index in [0.29, 0.717) is 6.54 Å². The fourth-order valence-corrected chi connectivity index (χ4v) is 3.52. The van der Waals surface area contributed by atoms with Crippen molar-refractivity contribution in [2.45, 2.75) is 18.3 Å².